The van der Waals surface area contributed by atoms with E-state index in [1.165, 1.54) is 11.6 Å². The number of amides is 2. The van der Waals surface area contributed by atoms with Crippen LogP contribution < -0.4 is 16.3 Å². The van der Waals surface area contributed by atoms with Gasteiger partial charge in [-0.3, -0.25) is 9.59 Å². The van der Waals surface area contributed by atoms with E-state index >= 15 is 0 Å². The van der Waals surface area contributed by atoms with Crippen molar-refractivity contribution in [2.75, 3.05) is 12.4 Å². The second kappa shape index (κ2) is 9.59. The lowest BCUT2D eigenvalue weighted by Crippen LogP contribution is -2.39. The molecule has 0 saturated heterocycles. The first-order chi connectivity index (χ1) is 14.4. The van der Waals surface area contributed by atoms with Crippen molar-refractivity contribution < 1.29 is 14.0 Å². The lowest BCUT2D eigenvalue weighted by molar-refractivity contribution is -0.119. The van der Waals surface area contributed by atoms with E-state index in [0.717, 1.165) is 5.56 Å². The smallest absolute Gasteiger partial charge is 0.349 e. The molecule has 2 N–H and O–H groups in total. The summed E-state index contributed by atoms with van der Waals surface area (Å²) >= 11 is 5.63. The molecule has 3 aromatic rings. The number of para-hydroxylation sites is 1. The normalized spacial score (nSPS) is 12.0. The average molecular weight is 427 g/mol. The van der Waals surface area contributed by atoms with Gasteiger partial charge in [-0.05, 0) is 29.2 Å². The van der Waals surface area contributed by atoms with Gasteiger partial charge in [-0.2, -0.15) is 0 Å². The molecule has 0 bridgehead atoms. The third-order valence-corrected chi connectivity index (χ3v) is 5.06. The Morgan fingerprint density at radius 2 is 1.70 bits per heavy atom. The van der Waals surface area contributed by atoms with Gasteiger partial charge in [-0.1, -0.05) is 56.3 Å². The van der Waals surface area contributed by atoms with E-state index in [4.69, 9.17) is 16.0 Å². The Kier molecular flexibility index (Phi) is 6.90. The fourth-order valence-corrected chi connectivity index (χ4v) is 3.19. The van der Waals surface area contributed by atoms with Gasteiger partial charge in [0, 0.05) is 11.9 Å². The highest BCUT2D eigenvalue weighted by Gasteiger charge is 2.18. The number of alkyl halides is 1. The minimum atomic E-state index is -0.714. The van der Waals surface area contributed by atoms with Crippen molar-refractivity contribution in [2.24, 2.45) is 0 Å². The Labute approximate surface area is 179 Å². The van der Waals surface area contributed by atoms with Crippen molar-refractivity contribution in [3.8, 4) is 0 Å². The first kappa shape index (κ1) is 21.6. The highest BCUT2D eigenvalue weighted by molar-refractivity contribution is 6.27. The number of halogens is 1. The first-order valence-electron chi connectivity index (χ1n) is 9.65. The Balaban J connectivity index is 1.79. The Bertz CT molecular complexity index is 1110. The van der Waals surface area contributed by atoms with E-state index in [1.54, 1.807) is 24.3 Å². The van der Waals surface area contributed by atoms with E-state index in [-0.39, 0.29) is 23.9 Å². The van der Waals surface area contributed by atoms with Crippen LogP contribution in [0.4, 0.5) is 0 Å². The molecule has 3 rings (SSSR count). The molecule has 2 aromatic carbocycles. The minimum Gasteiger partial charge on any atom is -0.422 e. The van der Waals surface area contributed by atoms with Gasteiger partial charge in [0.1, 0.15) is 17.0 Å². The highest BCUT2D eigenvalue weighted by atomic mass is 35.5. The van der Waals surface area contributed by atoms with Crippen LogP contribution in [0.15, 0.2) is 63.8 Å². The average Bonchev–Trinajstić information content (AvgIpc) is 2.75. The SMILES string of the molecule is CC(C)c1ccc(C(CNC(=O)c2cc3ccccc3oc2=O)NC(=O)CCl)cc1. The molecule has 7 heteroatoms. The molecule has 1 heterocycles. The summed E-state index contributed by atoms with van der Waals surface area (Å²) in [5.41, 5.74) is 1.60. The van der Waals surface area contributed by atoms with Crippen LogP contribution in [0.3, 0.4) is 0 Å². The highest BCUT2D eigenvalue weighted by Crippen LogP contribution is 2.19. The van der Waals surface area contributed by atoms with Crippen LogP contribution in [0.25, 0.3) is 11.0 Å². The summed E-state index contributed by atoms with van der Waals surface area (Å²) in [6.45, 7) is 4.28. The quantitative estimate of drug-likeness (QED) is 0.445. The Hall–Kier alpha value is -3.12. The second-order valence-electron chi connectivity index (χ2n) is 7.27. The Morgan fingerprint density at radius 1 is 1.03 bits per heavy atom. The van der Waals surface area contributed by atoms with Gasteiger partial charge in [0.25, 0.3) is 5.91 Å². The fraction of sp³-hybridized carbons (Fsp3) is 0.261. The molecule has 0 aliphatic carbocycles. The van der Waals surface area contributed by atoms with Crippen LogP contribution in [-0.4, -0.2) is 24.2 Å². The van der Waals surface area contributed by atoms with Crippen molar-refractivity contribution in [1.82, 2.24) is 10.6 Å². The second-order valence-corrected chi connectivity index (χ2v) is 7.54. The van der Waals surface area contributed by atoms with Crippen LogP contribution in [0.2, 0.25) is 0 Å². The monoisotopic (exact) mass is 426 g/mol. The van der Waals surface area contributed by atoms with Crippen LogP contribution in [-0.2, 0) is 4.79 Å². The van der Waals surface area contributed by atoms with Gasteiger partial charge < -0.3 is 15.1 Å². The largest absolute Gasteiger partial charge is 0.422 e. The molecule has 1 aromatic heterocycles. The zero-order valence-electron chi connectivity index (χ0n) is 16.8. The molecule has 30 heavy (non-hydrogen) atoms. The number of nitrogens with one attached hydrogen (secondary N) is 2. The molecule has 1 unspecified atom stereocenters. The molecular formula is C23H23ClN2O4. The summed E-state index contributed by atoms with van der Waals surface area (Å²) in [6, 6.07) is 15.8. The fourth-order valence-electron chi connectivity index (χ4n) is 3.11. The molecular weight excluding hydrogens is 404 g/mol. The predicted molar refractivity (Wildman–Crippen MR) is 117 cm³/mol. The number of hydrogen-bond donors (Lipinski definition) is 2. The number of rotatable bonds is 7. The van der Waals surface area contributed by atoms with E-state index < -0.39 is 17.6 Å². The number of hydrogen-bond acceptors (Lipinski definition) is 4. The summed E-state index contributed by atoms with van der Waals surface area (Å²) in [5.74, 6) is -0.739. The summed E-state index contributed by atoms with van der Waals surface area (Å²) in [4.78, 5) is 36.7. The third-order valence-electron chi connectivity index (χ3n) is 4.81. The van der Waals surface area contributed by atoms with E-state index in [1.807, 2.05) is 24.3 Å². The van der Waals surface area contributed by atoms with Crippen molar-refractivity contribution in [2.45, 2.75) is 25.8 Å². The number of benzene rings is 2. The van der Waals surface area contributed by atoms with Gasteiger partial charge in [0.05, 0.1) is 6.04 Å². The van der Waals surface area contributed by atoms with E-state index in [2.05, 4.69) is 24.5 Å². The summed E-state index contributed by atoms with van der Waals surface area (Å²) in [7, 11) is 0. The van der Waals surface area contributed by atoms with Gasteiger partial charge in [-0.25, -0.2) is 4.79 Å². The first-order valence-corrected chi connectivity index (χ1v) is 10.2. The van der Waals surface area contributed by atoms with Crippen molar-refractivity contribution in [1.29, 1.82) is 0 Å². The summed E-state index contributed by atoms with van der Waals surface area (Å²) in [6.07, 6.45) is 0. The van der Waals surface area contributed by atoms with E-state index in [9.17, 15) is 14.4 Å². The van der Waals surface area contributed by atoms with Crippen LogP contribution >= 0.6 is 11.6 Å². The number of fused-ring (bicyclic) bond motifs is 1. The topological polar surface area (TPSA) is 88.4 Å². The zero-order valence-corrected chi connectivity index (χ0v) is 17.5. The molecule has 6 nitrogen and oxygen atoms in total. The lowest BCUT2D eigenvalue weighted by Gasteiger charge is -2.20. The van der Waals surface area contributed by atoms with Gasteiger partial charge >= 0.3 is 5.63 Å². The molecule has 156 valence electrons. The number of carbonyl (C=O) groups excluding carboxylic acids is 2. The number of carbonyl (C=O) groups is 2. The van der Waals surface area contributed by atoms with Crippen LogP contribution in [0.1, 0.15) is 47.3 Å². The summed E-state index contributed by atoms with van der Waals surface area (Å²) < 4.78 is 5.22. The van der Waals surface area contributed by atoms with Crippen molar-refractivity contribution in [3.05, 3.63) is 81.7 Å². The van der Waals surface area contributed by atoms with Crippen LogP contribution in [0, 0.1) is 0 Å². The Morgan fingerprint density at radius 3 is 2.37 bits per heavy atom. The molecule has 0 fully saturated rings. The summed E-state index contributed by atoms with van der Waals surface area (Å²) in [5, 5.41) is 6.16. The van der Waals surface area contributed by atoms with Gasteiger partial charge in [0.15, 0.2) is 0 Å². The zero-order chi connectivity index (χ0) is 21.7. The van der Waals surface area contributed by atoms with Crippen molar-refractivity contribution >= 4 is 34.4 Å². The minimum absolute atomic E-state index is 0.0914. The molecule has 0 saturated carbocycles. The van der Waals surface area contributed by atoms with Crippen molar-refractivity contribution in [3.63, 3.8) is 0 Å². The molecule has 0 radical (unpaired) electrons. The molecule has 2 amide bonds. The van der Waals surface area contributed by atoms with Gasteiger partial charge in [0.2, 0.25) is 5.91 Å². The molecule has 1 atom stereocenters. The molecule has 0 aliphatic heterocycles. The maximum atomic E-state index is 12.6. The lowest BCUT2D eigenvalue weighted by atomic mass is 9.99. The predicted octanol–water partition coefficient (Wildman–Crippen LogP) is 3.74. The van der Waals surface area contributed by atoms with Gasteiger partial charge in [-0.15, -0.1) is 11.6 Å². The van der Waals surface area contributed by atoms with Crippen LogP contribution in [0.5, 0.6) is 0 Å². The maximum absolute atomic E-state index is 12.6. The maximum Gasteiger partial charge on any atom is 0.349 e. The molecule has 0 spiro atoms. The molecule has 0 aliphatic rings. The standard InChI is InChI=1S/C23H23ClN2O4/c1-14(2)15-7-9-16(10-8-15)19(26-21(27)12-24)13-25-22(28)18-11-17-5-3-4-6-20(17)30-23(18)29/h3-11,14,19H,12-13H2,1-2H3,(H,25,28)(H,26,27). The van der Waals surface area contributed by atoms with E-state index in [0.29, 0.717) is 16.9 Å². The third kappa shape index (κ3) is 5.07.